The second kappa shape index (κ2) is 4.82. The van der Waals surface area contributed by atoms with Crippen molar-refractivity contribution >= 4 is 0 Å². The maximum atomic E-state index is 11.7. The quantitative estimate of drug-likeness (QED) is 0.775. The molecule has 2 nitrogen and oxygen atoms in total. The lowest BCUT2D eigenvalue weighted by Crippen LogP contribution is -2.04. The lowest BCUT2D eigenvalue weighted by molar-refractivity contribution is 0.273. The maximum absolute atomic E-state index is 11.7. The molecule has 1 aromatic carbocycles. The molecule has 13 heavy (non-hydrogen) atoms. The van der Waals surface area contributed by atoms with Crippen molar-refractivity contribution in [1.82, 2.24) is 0 Å². The molecule has 72 valence electrons. The van der Waals surface area contributed by atoms with E-state index < -0.39 is 6.67 Å². The molecule has 0 aliphatic rings. The molecule has 2 N–H and O–H groups in total. The summed E-state index contributed by atoms with van der Waals surface area (Å²) in [5.41, 5.74) is 6.71. The summed E-state index contributed by atoms with van der Waals surface area (Å²) in [4.78, 5) is 0. The minimum atomic E-state index is -0.463. The van der Waals surface area contributed by atoms with Crippen molar-refractivity contribution in [2.75, 3.05) is 13.3 Å². The molecule has 0 saturated carbocycles. The third kappa shape index (κ3) is 3.03. The van der Waals surface area contributed by atoms with E-state index in [0.29, 0.717) is 5.75 Å². The van der Waals surface area contributed by atoms with Crippen molar-refractivity contribution in [2.45, 2.75) is 13.0 Å². The fraction of sp³-hybridized carbons (Fsp3) is 0.400. The van der Waals surface area contributed by atoms with Gasteiger partial charge in [0, 0.05) is 6.04 Å². The van der Waals surface area contributed by atoms with Crippen molar-refractivity contribution < 1.29 is 9.13 Å². The topological polar surface area (TPSA) is 35.2 Å². The van der Waals surface area contributed by atoms with E-state index in [-0.39, 0.29) is 12.6 Å². The van der Waals surface area contributed by atoms with Crippen LogP contribution in [0, 0.1) is 0 Å². The van der Waals surface area contributed by atoms with E-state index in [4.69, 9.17) is 10.5 Å². The number of halogens is 1. The number of hydrogen-bond acceptors (Lipinski definition) is 2. The van der Waals surface area contributed by atoms with Gasteiger partial charge in [0.15, 0.2) is 0 Å². The molecule has 1 rings (SSSR count). The fourth-order valence-electron chi connectivity index (χ4n) is 1.02. The zero-order valence-electron chi connectivity index (χ0n) is 7.66. The van der Waals surface area contributed by atoms with E-state index in [1.165, 1.54) is 0 Å². The highest BCUT2D eigenvalue weighted by molar-refractivity contribution is 5.28. The van der Waals surface area contributed by atoms with Crippen molar-refractivity contribution in [3.63, 3.8) is 0 Å². The molecule has 0 radical (unpaired) electrons. The average Bonchev–Trinajstić information content (AvgIpc) is 2.15. The van der Waals surface area contributed by atoms with E-state index in [1.807, 2.05) is 19.1 Å². The second-order valence-electron chi connectivity index (χ2n) is 2.90. The highest BCUT2D eigenvalue weighted by Crippen LogP contribution is 2.15. The van der Waals surface area contributed by atoms with Crippen LogP contribution in [-0.4, -0.2) is 13.3 Å². The first-order valence-corrected chi connectivity index (χ1v) is 4.28. The summed E-state index contributed by atoms with van der Waals surface area (Å²) < 4.78 is 16.8. The average molecular weight is 183 g/mol. The van der Waals surface area contributed by atoms with Crippen LogP contribution in [0.5, 0.6) is 5.75 Å². The molecule has 0 bridgehead atoms. The number of nitrogens with two attached hydrogens (primary N) is 1. The van der Waals surface area contributed by atoms with Crippen molar-refractivity contribution in [3.05, 3.63) is 29.8 Å². The number of alkyl halides is 1. The molecule has 0 aliphatic carbocycles. The molecule has 0 spiro atoms. The zero-order chi connectivity index (χ0) is 9.68. The standard InChI is InChI=1S/C10H14FNO/c1-8(12)9-2-4-10(5-3-9)13-7-6-11/h2-5,8H,6-7,12H2,1H3. The van der Waals surface area contributed by atoms with Gasteiger partial charge in [-0.3, -0.25) is 0 Å². The van der Waals surface area contributed by atoms with E-state index in [2.05, 4.69) is 0 Å². The first-order valence-electron chi connectivity index (χ1n) is 4.28. The Morgan fingerprint density at radius 3 is 2.46 bits per heavy atom. The van der Waals surface area contributed by atoms with E-state index in [1.54, 1.807) is 12.1 Å². The molecular formula is C10H14FNO. The van der Waals surface area contributed by atoms with Crippen LogP contribution in [0.2, 0.25) is 0 Å². The van der Waals surface area contributed by atoms with Crippen molar-refractivity contribution in [1.29, 1.82) is 0 Å². The first-order chi connectivity index (χ1) is 6.24. The van der Waals surface area contributed by atoms with Gasteiger partial charge in [-0.1, -0.05) is 12.1 Å². The van der Waals surface area contributed by atoms with E-state index >= 15 is 0 Å². The van der Waals surface area contributed by atoms with Gasteiger partial charge in [0.2, 0.25) is 0 Å². The summed E-state index contributed by atoms with van der Waals surface area (Å²) in [6, 6.07) is 7.40. The normalized spacial score (nSPS) is 12.5. The summed E-state index contributed by atoms with van der Waals surface area (Å²) in [6.07, 6.45) is 0. The minimum absolute atomic E-state index is 0.0234. The minimum Gasteiger partial charge on any atom is -0.491 e. The molecule has 0 fully saturated rings. The Hall–Kier alpha value is -1.09. The Labute approximate surface area is 77.5 Å². The second-order valence-corrected chi connectivity index (χ2v) is 2.90. The van der Waals surface area contributed by atoms with Crippen LogP contribution in [0.25, 0.3) is 0 Å². The predicted molar refractivity (Wildman–Crippen MR) is 50.5 cm³/mol. The Bertz CT molecular complexity index is 246. The summed E-state index contributed by atoms with van der Waals surface area (Å²) in [5, 5.41) is 0. The number of benzene rings is 1. The number of hydrogen-bond donors (Lipinski definition) is 1. The maximum Gasteiger partial charge on any atom is 0.123 e. The molecule has 0 aliphatic heterocycles. The van der Waals surface area contributed by atoms with Gasteiger partial charge in [0.05, 0.1) is 0 Å². The molecular weight excluding hydrogens is 169 g/mol. The Balaban J connectivity index is 2.59. The zero-order valence-corrected chi connectivity index (χ0v) is 7.66. The number of ether oxygens (including phenoxy) is 1. The Kier molecular flexibility index (Phi) is 3.71. The van der Waals surface area contributed by atoms with Crippen molar-refractivity contribution in [2.24, 2.45) is 5.73 Å². The van der Waals surface area contributed by atoms with Crippen LogP contribution >= 0.6 is 0 Å². The number of rotatable bonds is 4. The van der Waals surface area contributed by atoms with Gasteiger partial charge in [-0.05, 0) is 24.6 Å². The molecule has 1 aromatic rings. The Morgan fingerprint density at radius 2 is 2.00 bits per heavy atom. The van der Waals surface area contributed by atoms with Gasteiger partial charge < -0.3 is 10.5 Å². The monoisotopic (exact) mass is 183 g/mol. The van der Waals surface area contributed by atoms with E-state index in [9.17, 15) is 4.39 Å². The summed E-state index contributed by atoms with van der Waals surface area (Å²) in [5.74, 6) is 0.682. The van der Waals surface area contributed by atoms with Gasteiger partial charge in [-0.15, -0.1) is 0 Å². The lowest BCUT2D eigenvalue weighted by Gasteiger charge is -2.07. The van der Waals surface area contributed by atoms with Crippen LogP contribution in [-0.2, 0) is 0 Å². The van der Waals surface area contributed by atoms with Crippen LogP contribution in [0.4, 0.5) is 4.39 Å². The van der Waals surface area contributed by atoms with Gasteiger partial charge in [0.25, 0.3) is 0 Å². The molecule has 0 amide bonds. The highest BCUT2D eigenvalue weighted by atomic mass is 19.1. The lowest BCUT2D eigenvalue weighted by atomic mass is 10.1. The van der Waals surface area contributed by atoms with E-state index in [0.717, 1.165) is 5.56 Å². The predicted octanol–water partition coefficient (Wildman–Crippen LogP) is 2.05. The van der Waals surface area contributed by atoms with Crippen molar-refractivity contribution in [3.8, 4) is 5.75 Å². The summed E-state index contributed by atoms with van der Waals surface area (Å²) >= 11 is 0. The molecule has 0 saturated heterocycles. The van der Waals surface area contributed by atoms with Gasteiger partial charge in [-0.25, -0.2) is 4.39 Å². The van der Waals surface area contributed by atoms with Gasteiger partial charge in [-0.2, -0.15) is 0 Å². The highest BCUT2D eigenvalue weighted by Gasteiger charge is 1.98. The van der Waals surface area contributed by atoms with Crippen LogP contribution < -0.4 is 10.5 Å². The Morgan fingerprint density at radius 1 is 1.38 bits per heavy atom. The molecule has 3 heteroatoms. The SMILES string of the molecule is CC(N)c1ccc(OCCF)cc1. The first kappa shape index (κ1) is 9.99. The van der Waals surface area contributed by atoms with Crippen LogP contribution in [0.3, 0.4) is 0 Å². The van der Waals surface area contributed by atoms with Crippen LogP contribution in [0.1, 0.15) is 18.5 Å². The molecule has 1 atom stereocenters. The third-order valence-electron chi connectivity index (χ3n) is 1.75. The largest absolute Gasteiger partial charge is 0.491 e. The molecule has 0 aromatic heterocycles. The summed E-state index contributed by atoms with van der Waals surface area (Å²) in [7, 11) is 0. The molecule has 1 unspecified atom stereocenters. The summed E-state index contributed by atoms with van der Waals surface area (Å²) in [6.45, 7) is 1.56. The van der Waals surface area contributed by atoms with Gasteiger partial charge in [0.1, 0.15) is 19.0 Å². The molecule has 0 heterocycles. The smallest absolute Gasteiger partial charge is 0.123 e. The van der Waals surface area contributed by atoms with Crippen LogP contribution in [0.15, 0.2) is 24.3 Å². The fourth-order valence-corrected chi connectivity index (χ4v) is 1.02. The van der Waals surface area contributed by atoms with Gasteiger partial charge >= 0.3 is 0 Å². The third-order valence-corrected chi connectivity index (χ3v) is 1.75.